The molecule has 0 radical (unpaired) electrons. The molecule has 6 rings (SSSR count). The predicted molar refractivity (Wildman–Crippen MR) is 167 cm³/mol. The predicted octanol–water partition coefficient (Wildman–Crippen LogP) is 7.01. The summed E-state index contributed by atoms with van der Waals surface area (Å²) < 4.78 is 89.7. The number of methoxy groups -OCH3 is 2. The third-order valence-corrected chi connectivity index (χ3v) is 8.82. The van der Waals surface area contributed by atoms with Gasteiger partial charge in [0.05, 0.1) is 36.4 Å². The van der Waals surface area contributed by atoms with Crippen LogP contribution < -0.4 is 24.2 Å². The molecule has 0 bridgehead atoms. The van der Waals surface area contributed by atoms with Crippen LogP contribution in [0.15, 0.2) is 77.8 Å². The highest BCUT2D eigenvalue weighted by Gasteiger charge is 2.31. The Balaban J connectivity index is 1.50. The van der Waals surface area contributed by atoms with Crippen molar-refractivity contribution in [3.63, 3.8) is 0 Å². The number of pyridine rings is 1. The smallest absolute Gasteiger partial charge is 0.335 e. The number of sulfonamides is 1. The second-order valence-electron chi connectivity index (χ2n) is 10.7. The second kappa shape index (κ2) is 12.5. The molecule has 4 aromatic carbocycles. The average Bonchev–Trinajstić information content (AvgIpc) is 3.83. The maximum atomic E-state index is 16.2. The zero-order valence-electron chi connectivity index (χ0n) is 24.8. The third kappa shape index (κ3) is 6.78. The van der Waals surface area contributed by atoms with Gasteiger partial charge in [0.1, 0.15) is 45.3 Å². The van der Waals surface area contributed by atoms with Gasteiger partial charge in [-0.1, -0.05) is 0 Å². The van der Waals surface area contributed by atoms with E-state index in [4.69, 9.17) is 14.2 Å². The van der Waals surface area contributed by atoms with Crippen LogP contribution in [0.1, 0.15) is 23.2 Å². The number of carbonyl (C=O) groups is 1. The minimum atomic E-state index is -4.24. The molecule has 1 aliphatic carbocycles. The number of carboxylic acid groups (broad SMARTS) is 1. The van der Waals surface area contributed by atoms with Crippen LogP contribution in [0, 0.1) is 17.5 Å². The summed E-state index contributed by atoms with van der Waals surface area (Å²) >= 11 is 0. The molecule has 0 aliphatic heterocycles. The summed E-state index contributed by atoms with van der Waals surface area (Å²) in [4.78, 5) is 15.9. The van der Waals surface area contributed by atoms with Crippen LogP contribution in [0.3, 0.4) is 0 Å². The largest absolute Gasteiger partial charge is 0.497 e. The number of fused-ring (bicyclic) bond motifs is 1. The summed E-state index contributed by atoms with van der Waals surface area (Å²) in [7, 11) is -1.29. The summed E-state index contributed by atoms with van der Waals surface area (Å²) in [6.07, 6.45) is 2.34. The molecule has 1 heterocycles. The lowest BCUT2D eigenvalue weighted by Gasteiger charge is -2.18. The number of anilines is 2. The number of hydrogen-bond donors (Lipinski definition) is 3. The summed E-state index contributed by atoms with van der Waals surface area (Å²) in [5, 5.41) is 12.4. The van der Waals surface area contributed by atoms with Crippen molar-refractivity contribution < 1.29 is 45.7 Å². The van der Waals surface area contributed by atoms with E-state index in [1.165, 1.54) is 32.4 Å². The van der Waals surface area contributed by atoms with Gasteiger partial charge in [0, 0.05) is 53.8 Å². The number of carboxylic acids is 1. The lowest BCUT2D eigenvalue weighted by molar-refractivity contribution is 0.0696. The number of aromatic nitrogens is 1. The Morgan fingerprint density at radius 2 is 1.62 bits per heavy atom. The van der Waals surface area contributed by atoms with E-state index in [9.17, 15) is 27.1 Å². The zero-order chi connectivity index (χ0) is 33.5. The van der Waals surface area contributed by atoms with Crippen molar-refractivity contribution in [2.75, 3.05) is 19.5 Å². The molecule has 3 N–H and O–H groups in total. The standard InChI is InChI=1S/C33H26F3N3O7S/c1-44-23-5-6-26(29(15-23)45-2)17-9-27(36)31-28(10-17)37-16-30(47(42,43)39-21-3-4-21)32(31)38-22-7-18(33(40)41)8-24(14-22)46-25-12-19(34)11-20(35)13-25/h5-16,21,39H,3-4H2,1-2H3,(H,37,38)(H,40,41). The van der Waals surface area contributed by atoms with Gasteiger partial charge in [-0.2, -0.15) is 0 Å². The summed E-state index contributed by atoms with van der Waals surface area (Å²) in [5.41, 5.74) is 0.418. The van der Waals surface area contributed by atoms with Gasteiger partial charge in [0.15, 0.2) is 0 Å². The summed E-state index contributed by atoms with van der Waals surface area (Å²) in [5.74, 6) is -3.55. The van der Waals surface area contributed by atoms with Gasteiger partial charge in [-0.15, -0.1) is 0 Å². The number of ether oxygens (including phenoxy) is 3. The van der Waals surface area contributed by atoms with E-state index >= 15 is 4.39 Å². The number of nitrogens with zero attached hydrogens (tertiary/aromatic N) is 1. The Labute approximate surface area is 266 Å². The van der Waals surface area contributed by atoms with E-state index in [0.29, 0.717) is 41.5 Å². The first-order chi connectivity index (χ1) is 22.4. The van der Waals surface area contributed by atoms with Crippen LogP contribution in [0.2, 0.25) is 0 Å². The van der Waals surface area contributed by atoms with Gasteiger partial charge in [-0.3, -0.25) is 4.98 Å². The van der Waals surface area contributed by atoms with Gasteiger partial charge in [0.25, 0.3) is 0 Å². The average molecular weight is 666 g/mol. The van der Waals surface area contributed by atoms with Crippen molar-refractivity contribution >= 4 is 38.3 Å². The fraction of sp³-hybridized carbons (Fsp3) is 0.152. The first-order valence-electron chi connectivity index (χ1n) is 14.1. The molecule has 242 valence electrons. The Kier molecular flexibility index (Phi) is 8.38. The maximum Gasteiger partial charge on any atom is 0.335 e. The number of benzene rings is 4. The first kappa shape index (κ1) is 31.6. The molecule has 0 saturated heterocycles. The minimum absolute atomic E-state index is 0.0209. The van der Waals surface area contributed by atoms with E-state index in [0.717, 1.165) is 24.4 Å². The van der Waals surface area contributed by atoms with Crippen LogP contribution in [0.5, 0.6) is 23.0 Å². The van der Waals surface area contributed by atoms with Crippen molar-refractivity contribution in [1.82, 2.24) is 9.71 Å². The number of hydrogen-bond acceptors (Lipinski definition) is 8. The van der Waals surface area contributed by atoms with Crippen LogP contribution in [-0.4, -0.2) is 44.7 Å². The van der Waals surface area contributed by atoms with E-state index in [1.807, 2.05) is 0 Å². The zero-order valence-corrected chi connectivity index (χ0v) is 25.6. The van der Waals surface area contributed by atoms with Crippen molar-refractivity contribution in [3.8, 4) is 34.1 Å². The molecule has 1 aliphatic rings. The summed E-state index contributed by atoms with van der Waals surface area (Å²) in [6, 6.07) is 13.5. The summed E-state index contributed by atoms with van der Waals surface area (Å²) in [6.45, 7) is 0. The van der Waals surface area contributed by atoms with Gasteiger partial charge in [-0.25, -0.2) is 31.1 Å². The van der Waals surface area contributed by atoms with Crippen LogP contribution in [-0.2, 0) is 10.0 Å². The Bertz CT molecular complexity index is 2140. The van der Waals surface area contributed by atoms with Gasteiger partial charge >= 0.3 is 5.97 Å². The number of aromatic carboxylic acids is 1. The van der Waals surface area contributed by atoms with Crippen molar-refractivity contribution in [3.05, 3.63) is 95.9 Å². The maximum absolute atomic E-state index is 16.2. The topological polar surface area (TPSA) is 136 Å². The highest BCUT2D eigenvalue weighted by atomic mass is 32.2. The second-order valence-corrected chi connectivity index (χ2v) is 12.4. The lowest BCUT2D eigenvalue weighted by atomic mass is 10.0. The third-order valence-electron chi connectivity index (χ3n) is 7.29. The molecular formula is C33H26F3N3O7S. The molecule has 14 heteroatoms. The highest BCUT2D eigenvalue weighted by molar-refractivity contribution is 7.89. The van der Waals surface area contributed by atoms with Gasteiger partial charge in [-0.05, 0) is 54.8 Å². The molecule has 0 amide bonds. The van der Waals surface area contributed by atoms with E-state index in [-0.39, 0.29) is 50.3 Å². The van der Waals surface area contributed by atoms with Crippen LogP contribution in [0.4, 0.5) is 24.5 Å². The number of halogens is 3. The molecule has 0 atom stereocenters. The Hall–Kier alpha value is -5.34. The molecule has 1 fully saturated rings. The molecule has 5 aromatic rings. The Morgan fingerprint density at radius 1 is 0.894 bits per heavy atom. The van der Waals surface area contributed by atoms with E-state index in [2.05, 4.69) is 15.0 Å². The molecule has 1 aromatic heterocycles. The molecular weight excluding hydrogens is 639 g/mol. The van der Waals surface area contributed by atoms with Crippen molar-refractivity contribution in [2.45, 2.75) is 23.8 Å². The lowest BCUT2D eigenvalue weighted by Crippen LogP contribution is -2.26. The van der Waals surface area contributed by atoms with Crippen molar-refractivity contribution in [1.29, 1.82) is 0 Å². The molecule has 1 saturated carbocycles. The fourth-order valence-corrected chi connectivity index (χ4v) is 6.40. The molecule has 10 nitrogen and oxygen atoms in total. The normalized spacial score (nSPS) is 13.0. The van der Waals surface area contributed by atoms with E-state index in [1.54, 1.807) is 24.3 Å². The highest BCUT2D eigenvalue weighted by Crippen LogP contribution is 2.40. The Morgan fingerprint density at radius 3 is 2.28 bits per heavy atom. The number of rotatable bonds is 11. The van der Waals surface area contributed by atoms with Gasteiger partial charge in [0.2, 0.25) is 10.0 Å². The SMILES string of the molecule is COc1ccc(-c2cc(F)c3c(Nc4cc(Oc5cc(F)cc(F)c5)cc(C(=O)O)c4)c(S(=O)(=O)NC4CC4)cnc3c2)c(OC)c1. The van der Waals surface area contributed by atoms with Crippen LogP contribution in [0.25, 0.3) is 22.0 Å². The number of nitrogens with one attached hydrogen (secondary N) is 2. The van der Waals surface area contributed by atoms with Gasteiger partial charge < -0.3 is 24.6 Å². The molecule has 0 spiro atoms. The quantitative estimate of drug-likeness (QED) is 0.136. The monoisotopic (exact) mass is 665 g/mol. The minimum Gasteiger partial charge on any atom is -0.497 e. The first-order valence-corrected chi connectivity index (χ1v) is 15.6. The van der Waals surface area contributed by atoms with Crippen molar-refractivity contribution in [2.24, 2.45) is 0 Å². The molecule has 0 unspecified atom stereocenters. The van der Waals surface area contributed by atoms with Crippen LogP contribution >= 0.6 is 0 Å². The van der Waals surface area contributed by atoms with E-state index < -0.39 is 33.4 Å². The molecule has 47 heavy (non-hydrogen) atoms. The fourth-order valence-electron chi connectivity index (χ4n) is 4.98.